The van der Waals surface area contributed by atoms with Gasteiger partial charge in [0.1, 0.15) is 11.3 Å². The Bertz CT molecular complexity index is 1150. The second-order valence-corrected chi connectivity index (χ2v) is 6.83. The fraction of sp³-hybridized carbons (Fsp3) is 0.0500. The Hall–Kier alpha value is -3.12. The van der Waals surface area contributed by atoms with Crippen LogP contribution in [0, 0.1) is 0 Å². The summed E-state index contributed by atoms with van der Waals surface area (Å²) >= 11 is 0.908. The third kappa shape index (κ3) is 2.84. The Morgan fingerprint density at radius 3 is 2.58 bits per heavy atom. The second-order valence-electron chi connectivity index (χ2n) is 5.84. The first-order valence-electron chi connectivity index (χ1n) is 7.88. The normalized spacial score (nSPS) is 16.0. The number of fused-ring (bicyclic) bond motifs is 1. The summed E-state index contributed by atoms with van der Waals surface area (Å²) < 4.78 is 5.85. The van der Waals surface area contributed by atoms with Gasteiger partial charge in [-0.1, -0.05) is 30.3 Å². The molecule has 1 aliphatic heterocycles. The molecule has 0 saturated carbocycles. The van der Waals surface area contributed by atoms with Crippen molar-refractivity contribution in [2.75, 3.05) is 7.05 Å². The monoisotopic (exact) mass is 363 g/mol. The van der Waals surface area contributed by atoms with E-state index in [9.17, 15) is 14.4 Å². The van der Waals surface area contributed by atoms with Crippen LogP contribution in [0.25, 0.3) is 28.4 Å². The summed E-state index contributed by atoms with van der Waals surface area (Å²) in [5.74, 6) is 0.134. The molecule has 1 fully saturated rings. The van der Waals surface area contributed by atoms with Gasteiger partial charge in [0.05, 0.1) is 10.3 Å². The fourth-order valence-corrected chi connectivity index (χ4v) is 3.55. The molecule has 0 aliphatic carbocycles. The molecule has 1 aliphatic rings. The molecule has 0 spiro atoms. The lowest BCUT2D eigenvalue weighted by molar-refractivity contribution is -0.121. The largest absolute Gasteiger partial charge is 0.456 e. The van der Waals surface area contributed by atoms with Gasteiger partial charge >= 0.3 is 0 Å². The van der Waals surface area contributed by atoms with Crippen LogP contribution in [0.3, 0.4) is 0 Å². The minimum absolute atomic E-state index is 0.112. The summed E-state index contributed by atoms with van der Waals surface area (Å²) in [6, 6.07) is 15.8. The zero-order valence-corrected chi connectivity index (χ0v) is 14.6. The molecular formula is C20H13NO4S. The predicted octanol–water partition coefficient (Wildman–Crippen LogP) is 4.13. The van der Waals surface area contributed by atoms with Gasteiger partial charge in [0.25, 0.3) is 11.1 Å². The van der Waals surface area contributed by atoms with Crippen LogP contribution in [0.1, 0.15) is 5.56 Å². The van der Waals surface area contributed by atoms with E-state index >= 15 is 0 Å². The number of hydrogen-bond donors (Lipinski definition) is 0. The van der Waals surface area contributed by atoms with Gasteiger partial charge < -0.3 is 4.42 Å². The van der Waals surface area contributed by atoms with Crippen molar-refractivity contribution in [3.05, 3.63) is 75.3 Å². The summed E-state index contributed by atoms with van der Waals surface area (Å²) in [5, 5.41) is 0.238. The SMILES string of the molecule is CN1C(=O)S/C(=C\c2cccc(-c3cc(=O)c4ccccc4o3)c2)C1=O. The van der Waals surface area contributed by atoms with Gasteiger partial charge in [-0.3, -0.25) is 19.3 Å². The minimum atomic E-state index is -0.317. The van der Waals surface area contributed by atoms with Gasteiger partial charge in [0.15, 0.2) is 5.43 Å². The molecule has 0 atom stereocenters. The zero-order chi connectivity index (χ0) is 18.3. The number of likely N-dealkylation sites (N-methyl/N-ethyl adjacent to an activating group) is 1. The number of thioether (sulfide) groups is 1. The minimum Gasteiger partial charge on any atom is -0.456 e. The van der Waals surface area contributed by atoms with Crippen molar-refractivity contribution in [2.45, 2.75) is 0 Å². The predicted molar refractivity (Wildman–Crippen MR) is 102 cm³/mol. The Kier molecular flexibility index (Phi) is 3.97. The number of carbonyl (C=O) groups excluding carboxylic acids is 2. The molecule has 5 nitrogen and oxygen atoms in total. The maximum atomic E-state index is 12.3. The first kappa shape index (κ1) is 16.4. The highest BCUT2D eigenvalue weighted by molar-refractivity contribution is 8.18. The summed E-state index contributed by atoms with van der Waals surface area (Å²) in [6.07, 6.45) is 1.66. The van der Waals surface area contributed by atoms with Gasteiger partial charge in [0.2, 0.25) is 0 Å². The van der Waals surface area contributed by atoms with Gasteiger partial charge in [-0.15, -0.1) is 0 Å². The molecule has 1 saturated heterocycles. The third-order valence-corrected chi connectivity index (χ3v) is 5.05. The number of imide groups is 1. The van der Waals surface area contributed by atoms with E-state index < -0.39 is 0 Å². The number of amides is 2. The van der Waals surface area contributed by atoms with E-state index in [1.165, 1.54) is 13.1 Å². The van der Waals surface area contributed by atoms with Crippen LogP contribution in [-0.4, -0.2) is 23.1 Å². The standard InChI is InChI=1S/C20H13NO4S/c1-21-19(23)18(26-20(21)24)10-12-5-4-6-13(9-12)17-11-15(22)14-7-2-3-8-16(14)25-17/h2-11H,1H3/b18-10-. The highest BCUT2D eigenvalue weighted by atomic mass is 32.2. The smallest absolute Gasteiger partial charge is 0.293 e. The van der Waals surface area contributed by atoms with Crippen LogP contribution >= 0.6 is 11.8 Å². The molecule has 128 valence electrons. The number of nitrogens with zero attached hydrogens (tertiary/aromatic N) is 1. The maximum absolute atomic E-state index is 12.3. The lowest BCUT2D eigenvalue weighted by Crippen LogP contribution is -2.22. The van der Waals surface area contributed by atoms with Crippen LogP contribution in [0.2, 0.25) is 0 Å². The van der Waals surface area contributed by atoms with Crippen molar-refractivity contribution in [1.29, 1.82) is 0 Å². The topological polar surface area (TPSA) is 67.6 Å². The van der Waals surface area contributed by atoms with E-state index in [0.29, 0.717) is 21.6 Å². The van der Waals surface area contributed by atoms with E-state index in [4.69, 9.17) is 4.42 Å². The van der Waals surface area contributed by atoms with Gasteiger partial charge in [-0.05, 0) is 41.6 Å². The second kappa shape index (κ2) is 6.31. The van der Waals surface area contributed by atoms with Crippen molar-refractivity contribution in [3.8, 4) is 11.3 Å². The molecule has 3 aromatic rings. The lowest BCUT2D eigenvalue weighted by Gasteiger charge is -2.05. The van der Waals surface area contributed by atoms with Gasteiger partial charge in [0, 0.05) is 18.7 Å². The molecule has 0 radical (unpaired) electrons. The van der Waals surface area contributed by atoms with Crippen LogP contribution in [-0.2, 0) is 4.79 Å². The highest BCUT2D eigenvalue weighted by Crippen LogP contribution is 2.31. The van der Waals surface area contributed by atoms with E-state index in [1.807, 2.05) is 30.3 Å². The van der Waals surface area contributed by atoms with E-state index in [2.05, 4.69) is 0 Å². The van der Waals surface area contributed by atoms with E-state index in [-0.39, 0.29) is 16.6 Å². The zero-order valence-electron chi connectivity index (χ0n) is 13.8. The molecule has 26 heavy (non-hydrogen) atoms. The Labute approximate surface area is 152 Å². The summed E-state index contributed by atoms with van der Waals surface area (Å²) in [5.41, 5.74) is 1.88. The number of carbonyl (C=O) groups is 2. The first-order valence-corrected chi connectivity index (χ1v) is 8.69. The van der Waals surface area contributed by atoms with Crippen molar-refractivity contribution >= 4 is 40.0 Å². The quantitative estimate of drug-likeness (QED) is 0.641. The molecule has 0 bridgehead atoms. The first-order chi connectivity index (χ1) is 12.5. The Morgan fingerprint density at radius 1 is 1.00 bits per heavy atom. The van der Waals surface area contributed by atoms with E-state index in [1.54, 1.807) is 24.3 Å². The molecule has 0 unspecified atom stereocenters. The molecule has 2 amide bonds. The molecular weight excluding hydrogens is 350 g/mol. The van der Waals surface area contributed by atoms with Gasteiger partial charge in [-0.2, -0.15) is 0 Å². The molecule has 2 heterocycles. The molecule has 4 rings (SSSR count). The number of para-hydroxylation sites is 1. The number of hydrogen-bond acceptors (Lipinski definition) is 5. The average molecular weight is 363 g/mol. The van der Waals surface area contributed by atoms with Crippen LogP contribution in [0.15, 0.2) is 68.7 Å². The average Bonchev–Trinajstić information content (AvgIpc) is 2.89. The maximum Gasteiger partial charge on any atom is 0.293 e. The summed E-state index contributed by atoms with van der Waals surface area (Å²) in [4.78, 5) is 37.4. The third-order valence-electron chi connectivity index (χ3n) is 4.09. The van der Waals surface area contributed by atoms with Gasteiger partial charge in [-0.25, -0.2) is 0 Å². The fourth-order valence-electron chi connectivity index (χ4n) is 2.72. The molecule has 6 heteroatoms. The summed E-state index contributed by atoms with van der Waals surface area (Å²) in [6.45, 7) is 0. The van der Waals surface area contributed by atoms with Crippen molar-refractivity contribution < 1.29 is 14.0 Å². The van der Waals surface area contributed by atoms with Crippen molar-refractivity contribution in [1.82, 2.24) is 4.90 Å². The van der Waals surface area contributed by atoms with Crippen LogP contribution < -0.4 is 5.43 Å². The highest BCUT2D eigenvalue weighted by Gasteiger charge is 2.31. The number of rotatable bonds is 2. The summed E-state index contributed by atoms with van der Waals surface area (Å²) in [7, 11) is 1.46. The van der Waals surface area contributed by atoms with E-state index in [0.717, 1.165) is 27.8 Å². The van der Waals surface area contributed by atoms with Crippen molar-refractivity contribution in [2.24, 2.45) is 0 Å². The lowest BCUT2D eigenvalue weighted by atomic mass is 10.1. The van der Waals surface area contributed by atoms with Crippen LogP contribution in [0.4, 0.5) is 4.79 Å². The number of benzene rings is 2. The molecule has 0 N–H and O–H groups in total. The Balaban J connectivity index is 1.76. The van der Waals surface area contributed by atoms with Crippen LogP contribution in [0.5, 0.6) is 0 Å². The van der Waals surface area contributed by atoms with Crippen molar-refractivity contribution in [3.63, 3.8) is 0 Å². The molecule has 2 aromatic carbocycles. The molecule has 1 aromatic heterocycles. The Morgan fingerprint density at radius 2 is 1.81 bits per heavy atom.